The second kappa shape index (κ2) is 15.7. The predicted octanol–water partition coefficient (Wildman–Crippen LogP) is 8.49. The fourth-order valence-electron chi connectivity index (χ4n) is 9.22. The number of carboxylic acid groups (broad SMARTS) is 1. The molecule has 2 aliphatic heterocycles. The molecule has 4 heterocycles. The Morgan fingerprint density at radius 3 is 2.40 bits per heavy atom. The molecule has 2 atom stereocenters. The monoisotopic (exact) mass is 784 g/mol. The molecule has 55 heavy (non-hydrogen) atoms. The molecular formula is C43H46Cl2N4O6. The molecule has 0 unspecified atom stereocenters. The summed E-state index contributed by atoms with van der Waals surface area (Å²) in [6.07, 6.45) is 6.73. The minimum Gasteiger partial charge on any atom is -0.481 e. The van der Waals surface area contributed by atoms with Crippen molar-refractivity contribution in [3.05, 3.63) is 86.9 Å². The number of rotatable bonds is 13. The molecule has 0 spiro atoms. The van der Waals surface area contributed by atoms with Crippen LogP contribution in [0.1, 0.15) is 79.7 Å². The number of carbonyl (C=O) groups excluding carboxylic acids is 1. The number of halogens is 2. The lowest BCUT2D eigenvalue weighted by molar-refractivity contribution is -0.160. The first kappa shape index (κ1) is 37.7. The third-order valence-corrected chi connectivity index (χ3v) is 12.9. The number of fused-ring (bicyclic) bond motifs is 4. The van der Waals surface area contributed by atoms with Gasteiger partial charge in [-0.05, 0) is 86.2 Å². The number of hydrogen-bond acceptors (Lipinski definition) is 9. The van der Waals surface area contributed by atoms with Crippen LogP contribution in [-0.2, 0) is 29.1 Å². The van der Waals surface area contributed by atoms with E-state index >= 15 is 0 Å². The number of piperidine rings is 2. The maximum Gasteiger partial charge on any atom is 0.310 e. The number of pyridine rings is 2. The molecular weight excluding hydrogens is 739 g/mol. The minimum atomic E-state index is -0.708. The van der Waals surface area contributed by atoms with Gasteiger partial charge in [-0.1, -0.05) is 65.7 Å². The summed E-state index contributed by atoms with van der Waals surface area (Å²) >= 11 is 14.1. The molecule has 12 heteroatoms. The first-order chi connectivity index (χ1) is 26.7. The Bertz CT molecular complexity index is 2120. The largest absolute Gasteiger partial charge is 0.481 e. The van der Waals surface area contributed by atoms with Gasteiger partial charge in [0.25, 0.3) is 0 Å². The van der Waals surface area contributed by atoms with Crippen molar-refractivity contribution in [1.82, 2.24) is 20.2 Å². The number of nitrogens with one attached hydrogen (secondary N) is 1. The quantitative estimate of drug-likeness (QED) is 0.137. The third kappa shape index (κ3) is 7.42. The summed E-state index contributed by atoms with van der Waals surface area (Å²) in [7, 11) is 3.21. The maximum absolute atomic E-state index is 12.2. The summed E-state index contributed by atoms with van der Waals surface area (Å²) in [5.74, 6) is 1.30. The SMILES string of the molecule is COc1nc(-c2cccc(-c3cccc4c3CC[C@@H]4Oc3nc(OC)c(CN4CC5(C(=O)O)CCC4CC5)cc3Cl)c2Cl)ccc1CNC[C@@H]1CCC(=O)C1. The van der Waals surface area contributed by atoms with E-state index in [1.807, 2.05) is 42.5 Å². The van der Waals surface area contributed by atoms with Crippen LogP contribution in [0.25, 0.3) is 22.4 Å². The molecule has 2 aromatic heterocycles. The van der Waals surface area contributed by atoms with Gasteiger partial charge in [-0.3, -0.25) is 14.5 Å². The van der Waals surface area contributed by atoms with Crippen LogP contribution in [0.5, 0.6) is 17.6 Å². The van der Waals surface area contributed by atoms with Gasteiger partial charge in [0.15, 0.2) is 0 Å². The van der Waals surface area contributed by atoms with Gasteiger partial charge in [-0.2, -0.15) is 4.98 Å². The van der Waals surface area contributed by atoms with Crippen LogP contribution in [0, 0.1) is 11.3 Å². The number of carboxylic acids is 1. The molecule has 5 aliphatic rings. The molecule has 9 rings (SSSR count). The van der Waals surface area contributed by atoms with Crippen molar-refractivity contribution in [3.8, 4) is 40.0 Å². The highest BCUT2D eigenvalue weighted by Gasteiger charge is 2.49. The lowest BCUT2D eigenvalue weighted by atomic mass is 9.67. The van der Waals surface area contributed by atoms with Gasteiger partial charge in [0.2, 0.25) is 17.6 Å². The van der Waals surface area contributed by atoms with Crippen LogP contribution in [0.15, 0.2) is 54.6 Å². The van der Waals surface area contributed by atoms with Gasteiger partial charge in [-0.15, -0.1) is 0 Å². The summed E-state index contributed by atoms with van der Waals surface area (Å²) in [6, 6.07) is 18.4. The van der Waals surface area contributed by atoms with E-state index < -0.39 is 11.4 Å². The molecule has 3 aliphatic carbocycles. The number of nitrogens with zero attached hydrogens (tertiary/aromatic N) is 3. The van der Waals surface area contributed by atoms with Gasteiger partial charge >= 0.3 is 5.97 Å². The van der Waals surface area contributed by atoms with E-state index in [4.69, 9.17) is 47.4 Å². The Hall–Kier alpha value is -4.22. The zero-order valence-corrected chi connectivity index (χ0v) is 32.7. The molecule has 0 amide bonds. The fourth-order valence-corrected chi connectivity index (χ4v) is 9.76. The second-order valence-electron chi connectivity index (χ2n) is 15.5. The van der Waals surface area contributed by atoms with E-state index in [9.17, 15) is 14.7 Å². The Kier molecular flexibility index (Phi) is 10.8. The normalized spacial score (nSPS) is 23.2. The molecule has 288 valence electrons. The Labute approximate surface area is 331 Å². The van der Waals surface area contributed by atoms with Crippen LogP contribution >= 0.6 is 23.2 Å². The van der Waals surface area contributed by atoms with Crippen LogP contribution in [-0.4, -0.2) is 65.1 Å². The zero-order valence-electron chi connectivity index (χ0n) is 31.2. The number of ketones is 1. The zero-order chi connectivity index (χ0) is 38.3. The van der Waals surface area contributed by atoms with Gasteiger partial charge in [0.05, 0.1) is 30.4 Å². The molecule has 4 aromatic rings. The molecule has 2 bridgehead atoms. The van der Waals surface area contributed by atoms with Gasteiger partial charge < -0.3 is 24.6 Å². The Morgan fingerprint density at radius 1 is 0.909 bits per heavy atom. The molecule has 2 N–H and O–H groups in total. The van der Waals surface area contributed by atoms with Crippen LogP contribution < -0.4 is 19.5 Å². The fraction of sp³-hybridized carbons (Fsp3) is 0.442. The molecule has 10 nitrogen and oxygen atoms in total. The van der Waals surface area contributed by atoms with Crippen molar-refractivity contribution in [1.29, 1.82) is 0 Å². The number of ether oxygens (including phenoxy) is 3. The first-order valence-electron chi connectivity index (χ1n) is 19.2. The van der Waals surface area contributed by atoms with Crippen molar-refractivity contribution >= 4 is 35.0 Å². The standard InChI is InChI=1S/C43H46Cl2N4O6/c1-53-39-26(22-46-21-25-9-11-29(50)19-25)10-13-36(47-39)34-8-4-7-33(38(34)45)30-5-3-6-32-31(30)12-14-37(32)55-41-35(44)20-27(40(48-41)54-2)23-49-24-43(42(51)52)17-15-28(49)16-18-43/h3-8,10,13,20,25,28,37,46H,9,11-12,14-19,21-24H2,1-2H3,(H,51,52)/t25-,28?,37+,43?/m1/s1. The number of carbonyl (C=O) groups is 2. The maximum atomic E-state index is 12.2. The summed E-state index contributed by atoms with van der Waals surface area (Å²) < 4.78 is 18.0. The lowest BCUT2D eigenvalue weighted by Gasteiger charge is -2.50. The van der Waals surface area contributed by atoms with E-state index in [0.29, 0.717) is 77.9 Å². The smallest absolute Gasteiger partial charge is 0.310 e. The number of Topliss-reactive ketones (excluding diaryl/α,β-unsaturated/α-hetero) is 1. The third-order valence-electron chi connectivity index (χ3n) is 12.2. The Balaban J connectivity index is 0.994. The van der Waals surface area contributed by atoms with Crippen LogP contribution in [0.2, 0.25) is 10.0 Å². The number of methoxy groups -OCH3 is 2. The average Bonchev–Trinajstić information content (AvgIpc) is 3.81. The van der Waals surface area contributed by atoms with Gasteiger partial charge in [0, 0.05) is 60.8 Å². The first-order valence-corrected chi connectivity index (χ1v) is 20.0. The highest BCUT2D eigenvalue weighted by atomic mass is 35.5. The minimum absolute atomic E-state index is 0.271. The van der Waals surface area contributed by atoms with Crippen molar-refractivity contribution in [2.24, 2.45) is 11.3 Å². The van der Waals surface area contributed by atoms with E-state index in [1.165, 1.54) is 0 Å². The summed E-state index contributed by atoms with van der Waals surface area (Å²) in [5, 5.41) is 14.5. The average molecular weight is 786 g/mol. The van der Waals surface area contributed by atoms with Gasteiger partial charge in [-0.25, -0.2) is 4.98 Å². The highest BCUT2D eigenvalue weighted by Crippen LogP contribution is 2.47. The number of aromatic nitrogens is 2. The number of aliphatic carboxylic acids is 1. The van der Waals surface area contributed by atoms with Crippen molar-refractivity contribution < 1.29 is 28.9 Å². The highest BCUT2D eigenvalue weighted by molar-refractivity contribution is 6.36. The second-order valence-corrected chi connectivity index (χ2v) is 16.3. The predicted molar refractivity (Wildman–Crippen MR) is 211 cm³/mol. The summed E-state index contributed by atoms with van der Waals surface area (Å²) in [4.78, 5) is 35.7. The molecule has 2 saturated carbocycles. The molecule has 2 saturated heterocycles. The van der Waals surface area contributed by atoms with Gasteiger partial charge in [0.1, 0.15) is 16.9 Å². The summed E-state index contributed by atoms with van der Waals surface area (Å²) in [5.41, 5.74) is 6.76. The molecule has 4 fully saturated rings. The lowest BCUT2D eigenvalue weighted by Crippen LogP contribution is -2.56. The molecule has 0 radical (unpaired) electrons. The topological polar surface area (TPSA) is 123 Å². The number of benzene rings is 2. The van der Waals surface area contributed by atoms with Crippen molar-refractivity contribution in [3.63, 3.8) is 0 Å². The van der Waals surface area contributed by atoms with Crippen molar-refractivity contribution in [2.45, 2.75) is 83.0 Å². The van der Waals surface area contributed by atoms with Crippen LogP contribution in [0.3, 0.4) is 0 Å². The number of hydrogen-bond donors (Lipinski definition) is 2. The van der Waals surface area contributed by atoms with E-state index in [1.54, 1.807) is 14.2 Å². The van der Waals surface area contributed by atoms with Crippen molar-refractivity contribution in [2.75, 3.05) is 27.3 Å². The summed E-state index contributed by atoms with van der Waals surface area (Å²) in [6.45, 7) is 2.42. The van der Waals surface area contributed by atoms with Crippen LogP contribution in [0.4, 0.5) is 0 Å². The Morgan fingerprint density at radius 2 is 1.65 bits per heavy atom. The van der Waals surface area contributed by atoms with E-state index in [2.05, 4.69) is 22.3 Å². The van der Waals surface area contributed by atoms with E-state index in [-0.39, 0.29) is 6.10 Å². The molecule has 2 aromatic carbocycles. The van der Waals surface area contributed by atoms with E-state index in [0.717, 1.165) is 96.1 Å².